The molecule has 22 heavy (non-hydrogen) atoms. The molecule has 2 rings (SSSR count). The lowest BCUT2D eigenvalue weighted by Crippen LogP contribution is -2.36. The maximum absolute atomic E-state index is 12.1. The van der Waals surface area contributed by atoms with Crippen LogP contribution in [0.5, 0.6) is 0 Å². The molecule has 0 radical (unpaired) electrons. The molecule has 1 N–H and O–H groups in total. The van der Waals surface area contributed by atoms with E-state index in [-0.39, 0.29) is 6.09 Å². The molecule has 1 fully saturated rings. The Kier molecular flexibility index (Phi) is 5.16. The van der Waals surface area contributed by atoms with Gasteiger partial charge in [0, 0.05) is 37.6 Å². The molecule has 1 aromatic heterocycles. The van der Waals surface area contributed by atoms with E-state index in [0.29, 0.717) is 12.0 Å². The fourth-order valence-electron chi connectivity index (χ4n) is 2.88. The zero-order valence-electron chi connectivity index (χ0n) is 14.4. The minimum absolute atomic E-state index is 0.185. The van der Waals surface area contributed by atoms with Crippen molar-refractivity contribution in [2.45, 2.75) is 45.8 Å². The number of hydrogen-bond acceptors (Lipinski definition) is 3. The van der Waals surface area contributed by atoms with Crippen molar-refractivity contribution in [3.8, 4) is 0 Å². The number of aromatic amines is 1. The highest BCUT2D eigenvalue weighted by atomic mass is 16.6. The van der Waals surface area contributed by atoms with Crippen LogP contribution in [0, 0.1) is 5.92 Å². The van der Waals surface area contributed by atoms with E-state index in [0.717, 1.165) is 26.1 Å². The van der Waals surface area contributed by atoms with Crippen molar-refractivity contribution in [1.29, 1.82) is 0 Å². The maximum atomic E-state index is 12.1. The Morgan fingerprint density at radius 3 is 2.86 bits per heavy atom. The topological polar surface area (TPSA) is 48.6 Å². The van der Waals surface area contributed by atoms with Gasteiger partial charge in [-0.3, -0.25) is 4.90 Å². The van der Waals surface area contributed by atoms with E-state index in [2.05, 4.69) is 29.9 Å². The highest BCUT2D eigenvalue weighted by Crippen LogP contribution is 2.23. The van der Waals surface area contributed by atoms with Crippen LogP contribution in [0.15, 0.2) is 18.3 Å². The third kappa shape index (κ3) is 4.50. The van der Waals surface area contributed by atoms with Crippen LogP contribution >= 0.6 is 0 Å². The van der Waals surface area contributed by atoms with Crippen LogP contribution in [0.2, 0.25) is 0 Å². The van der Waals surface area contributed by atoms with Crippen LogP contribution in [0.1, 0.15) is 45.9 Å². The van der Waals surface area contributed by atoms with Crippen molar-refractivity contribution in [1.82, 2.24) is 14.8 Å². The first-order chi connectivity index (χ1) is 10.3. The van der Waals surface area contributed by atoms with Gasteiger partial charge in [0.25, 0.3) is 0 Å². The van der Waals surface area contributed by atoms with Gasteiger partial charge in [0.2, 0.25) is 0 Å². The van der Waals surface area contributed by atoms with Gasteiger partial charge in [0.15, 0.2) is 0 Å². The molecule has 5 heteroatoms. The van der Waals surface area contributed by atoms with Crippen LogP contribution in [-0.2, 0) is 4.74 Å². The number of rotatable bonds is 4. The van der Waals surface area contributed by atoms with Crippen molar-refractivity contribution >= 4 is 6.09 Å². The molecule has 0 spiro atoms. The second-order valence-electron chi connectivity index (χ2n) is 7.32. The van der Waals surface area contributed by atoms with Crippen molar-refractivity contribution in [3.05, 3.63) is 24.0 Å². The molecule has 0 unspecified atom stereocenters. The number of hydrogen-bond donors (Lipinski definition) is 1. The highest BCUT2D eigenvalue weighted by Gasteiger charge is 2.30. The molecule has 1 aliphatic rings. The number of ether oxygens (including phenoxy) is 1. The van der Waals surface area contributed by atoms with Crippen molar-refractivity contribution in [2.75, 3.05) is 26.7 Å². The van der Waals surface area contributed by atoms with E-state index in [9.17, 15) is 4.79 Å². The molecule has 2 heterocycles. The summed E-state index contributed by atoms with van der Waals surface area (Å²) >= 11 is 0. The first-order valence-corrected chi connectivity index (χ1v) is 8.07. The normalized spacial score (nSPS) is 20.5. The SMILES string of the molecule is C[C@@H](c1ccc[nH]1)N(C)C[C@@H]1CCN(C(=O)OC(C)(C)C)C1. The van der Waals surface area contributed by atoms with Crippen LogP contribution in [0.4, 0.5) is 4.79 Å². The molecule has 124 valence electrons. The molecular formula is C17H29N3O2. The summed E-state index contributed by atoms with van der Waals surface area (Å²) in [5, 5.41) is 0. The largest absolute Gasteiger partial charge is 0.444 e. The minimum Gasteiger partial charge on any atom is -0.444 e. The van der Waals surface area contributed by atoms with E-state index < -0.39 is 5.60 Å². The van der Waals surface area contributed by atoms with Crippen LogP contribution < -0.4 is 0 Å². The van der Waals surface area contributed by atoms with Gasteiger partial charge in [-0.2, -0.15) is 0 Å². The van der Waals surface area contributed by atoms with Gasteiger partial charge < -0.3 is 14.6 Å². The molecule has 0 aliphatic carbocycles. The summed E-state index contributed by atoms with van der Waals surface area (Å²) in [5.41, 5.74) is 0.804. The molecule has 0 saturated carbocycles. The first kappa shape index (κ1) is 16.9. The quantitative estimate of drug-likeness (QED) is 0.929. The summed E-state index contributed by atoms with van der Waals surface area (Å²) in [6, 6.07) is 4.49. The van der Waals surface area contributed by atoms with E-state index in [1.54, 1.807) is 0 Å². The second kappa shape index (κ2) is 6.73. The molecule has 1 aliphatic heterocycles. The van der Waals surface area contributed by atoms with Gasteiger partial charge in [0.1, 0.15) is 5.60 Å². The number of carbonyl (C=O) groups is 1. The van der Waals surface area contributed by atoms with Crippen molar-refractivity contribution < 1.29 is 9.53 Å². The predicted molar refractivity (Wildman–Crippen MR) is 87.8 cm³/mol. The second-order valence-corrected chi connectivity index (χ2v) is 7.32. The Bertz CT molecular complexity index is 479. The maximum Gasteiger partial charge on any atom is 0.410 e. The number of H-pyrrole nitrogens is 1. The summed E-state index contributed by atoms with van der Waals surface area (Å²) in [5.74, 6) is 0.509. The predicted octanol–water partition coefficient (Wildman–Crippen LogP) is 3.26. The lowest BCUT2D eigenvalue weighted by Gasteiger charge is -2.27. The summed E-state index contributed by atoms with van der Waals surface area (Å²) < 4.78 is 5.45. The van der Waals surface area contributed by atoms with Gasteiger partial charge in [-0.15, -0.1) is 0 Å². The number of carbonyl (C=O) groups excluding carboxylic acids is 1. The number of amides is 1. The highest BCUT2D eigenvalue weighted by molar-refractivity contribution is 5.68. The standard InChI is InChI=1S/C17H29N3O2/c1-13(15-7-6-9-18-15)19(5)11-14-8-10-20(12-14)16(21)22-17(2,3)4/h6-7,9,13-14,18H,8,10-12H2,1-5H3/t13-,14-/m0/s1. The first-order valence-electron chi connectivity index (χ1n) is 8.07. The fourth-order valence-corrected chi connectivity index (χ4v) is 2.88. The average Bonchev–Trinajstić information content (AvgIpc) is 3.06. The molecule has 1 amide bonds. The van der Waals surface area contributed by atoms with Crippen molar-refractivity contribution in [2.24, 2.45) is 5.92 Å². The Morgan fingerprint density at radius 1 is 1.55 bits per heavy atom. The van der Waals surface area contributed by atoms with Gasteiger partial charge >= 0.3 is 6.09 Å². The monoisotopic (exact) mass is 307 g/mol. The molecule has 1 saturated heterocycles. The number of nitrogens with zero attached hydrogens (tertiary/aromatic N) is 2. The lowest BCUT2D eigenvalue weighted by atomic mass is 10.1. The van der Waals surface area contributed by atoms with Gasteiger partial charge in [0.05, 0.1) is 0 Å². The van der Waals surface area contributed by atoms with Gasteiger partial charge in [-0.05, 0) is 59.2 Å². The summed E-state index contributed by atoms with van der Waals surface area (Å²) in [7, 11) is 2.14. The van der Waals surface area contributed by atoms with E-state index in [1.165, 1.54) is 5.69 Å². The smallest absolute Gasteiger partial charge is 0.410 e. The molecular weight excluding hydrogens is 278 g/mol. The molecule has 2 atom stereocenters. The molecule has 5 nitrogen and oxygen atoms in total. The Labute approximate surface area is 133 Å². The molecule has 0 aromatic carbocycles. The van der Waals surface area contributed by atoms with Gasteiger partial charge in [-0.1, -0.05) is 0 Å². The zero-order chi connectivity index (χ0) is 16.3. The zero-order valence-corrected chi connectivity index (χ0v) is 14.4. The van der Waals surface area contributed by atoms with E-state index >= 15 is 0 Å². The van der Waals surface area contributed by atoms with E-state index in [4.69, 9.17) is 4.74 Å². The minimum atomic E-state index is -0.423. The lowest BCUT2D eigenvalue weighted by molar-refractivity contribution is 0.0285. The summed E-state index contributed by atoms with van der Waals surface area (Å²) in [6.45, 7) is 10.5. The Balaban J connectivity index is 1.82. The number of nitrogens with one attached hydrogen (secondary N) is 1. The third-order valence-electron chi connectivity index (χ3n) is 4.22. The van der Waals surface area contributed by atoms with Crippen molar-refractivity contribution in [3.63, 3.8) is 0 Å². The summed E-state index contributed by atoms with van der Waals surface area (Å²) in [4.78, 5) is 19.5. The molecule has 0 bridgehead atoms. The Hall–Kier alpha value is -1.49. The third-order valence-corrected chi connectivity index (χ3v) is 4.22. The van der Waals surface area contributed by atoms with Gasteiger partial charge in [-0.25, -0.2) is 4.79 Å². The van der Waals surface area contributed by atoms with E-state index in [1.807, 2.05) is 37.9 Å². The fraction of sp³-hybridized carbons (Fsp3) is 0.706. The average molecular weight is 307 g/mol. The summed E-state index contributed by atoms with van der Waals surface area (Å²) in [6.07, 6.45) is 2.82. The Morgan fingerprint density at radius 2 is 2.27 bits per heavy atom. The van der Waals surface area contributed by atoms with Crippen LogP contribution in [-0.4, -0.2) is 53.2 Å². The number of likely N-dealkylation sites (tertiary alicyclic amines) is 1. The number of aromatic nitrogens is 1. The van der Waals surface area contributed by atoms with Crippen LogP contribution in [0.3, 0.4) is 0 Å². The molecule has 1 aromatic rings. The van der Waals surface area contributed by atoms with Crippen LogP contribution in [0.25, 0.3) is 0 Å².